The molecule has 0 aliphatic carbocycles. The van der Waals surface area contributed by atoms with Crippen LogP contribution in [-0.4, -0.2) is 27.4 Å². The molecule has 0 radical (unpaired) electrons. The maximum atomic E-state index is 13.1. The van der Waals surface area contributed by atoms with Gasteiger partial charge in [-0.15, -0.1) is 0 Å². The predicted molar refractivity (Wildman–Crippen MR) is 132 cm³/mol. The van der Waals surface area contributed by atoms with E-state index in [0.717, 1.165) is 27.7 Å². The molecule has 3 aromatic rings. The maximum absolute atomic E-state index is 13.1. The molecule has 1 aliphatic rings. The lowest BCUT2D eigenvalue weighted by Gasteiger charge is -2.23. The summed E-state index contributed by atoms with van der Waals surface area (Å²) in [7, 11) is -2.20. The summed E-state index contributed by atoms with van der Waals surface area (Å²) >= 11 is 9.36. The van der Waals surface area contributed by atoms with Crippen molar-refractivity contribution >= 4 is 54.8 Å². The number of rotatable bonds is 5. The molecule has 0 spiro atoms. The average Bonchev–Trinajstić information content (AvgIpc) is 3.08. The quantitative estimate of drug-likeness (QED) is 0.438. The summed E-state index contributed by atoms with van der Waals surface area (Å²) < 4.78 is 28.0. The van der Waals surface area contributed by atoms with Gasteiger partial charge in [0.05, 0.1) is 17.0 Å². The van der Waals surface area contributed by atoms with Crippen LogP contribution in [0.2, 0.25) is 5.02 Å². The SMILES string of the molecule is C[C@H]1Cc2cc(Br)ccc2N1C(=O)Cc1ccc(N(C)S(=O)(=O)c2ccc(Cl)cc2)cc1. The molecule has 4 rings (SSSR count). The first-order valence-electron chi connectivity index (χ1n) is 10.1. The summed E-state index contributed by atoms with van der Waals surface area (Å²) in [4.78, 5) is 15.1. The largest absolute Gasteiger partial charge is 0.309 e. The van der Waals surface area contributed by atoms with Gasteiger partial charge in [0.15, 0.2) is 0 Å². The monoisotopic (exact) mass is 532 g/mol. The smallest absolute Gasteiger partial charge is 0.264 e. The van der Waals surface area contributed by atoms with E-state index in [2.05, 4.69) is 22.0 Å². The standard InChI is InChI=1S/C24H22BrClN2O3S/c1-16-13-18-15-19(25)5-12-23(18)28(16)24(29)14-17-3-8-21(9-4-17)27(2)32(30,31)22-10-6-20(26)7-11-22/h3-12,15-16H,13-14H2,1-2H3/t16-/m0/s1. The third-order valence-electron chi connectivity index (χ3n) is 5.65. The summed E-state index contributed by atoms with van der Waals surface area (Å²) in [6.45, 7) is 2.05. The van der Waals surface area contributed by atoms with Crippen molar-refractivity contribution < 1.29 is 13.2 Å². The van der Waals surface area contributed by atoms with Gasteiger partial charge in [-0.1, -0.05) is 39.7 Å². The van der Waals surface area contributed by atoms with E-state index in [4.69, 9.17) is 11.6 Å². The topological polar surface area (TPSA) is 57.7 Å². The zero-order valence-electron chi connectivity index (χ0n) is 17.6. The Kier molecular flexibility index (Phi) is 6.34. The van der Waals surface area contributed by atoms with Crippen molar-refractivity contribution in [2.45, 2.75) is 30.7 Å². The van der Waals surface area contributed by atoms with Crippen LogP contribution in [0.4, 0.5) is 11.4 Å². The minimum Gasteiger partial charge on any atom is -0.309 e. The molecule has 5 nitrogen and oxygen atoms in total. The number of halogens is 2. The van der Waals surface area contributed by atoms with E-state index in [0.29, 0.717) is 10.7 Å². The Bertz CT molecular complexity index is 1260. The molecule has 1 amide bonds. The van der Waals surface area contributed by atoms with Crippen LogP contribution in [0.15, 0.2) is 76.1 Å². The highest BCUT2D eigenvalue weighted by Gasteiger charge is 2.31. The van der Waals surface area contributed by atoms with Gasteiger partial charge in [0.1, 0.15) is 0 Å². The second kappa shape index (κ2) is 8.89. The molecule has 1 atom stereocenters. The molecule has 0 saturated carbocycles. The first-order chi connectivity index (χ1) is 15.2. The van der Waals surface area contributed by atoms with Gasteiger partial charge in [-0.2, -0.15) is 0 Å². The lowest BCUT2D eigenvalue weighted by Crippen LogP contribution is -2.36. The van der Waals surface area contributed by atoms with Crippen LogP contribution in [0.3, 0.4) is 0 Å². The van der Waals surface area contributed by atoms with Crippen LogP contribution < -0.4 is 9.21 Å². The molecule has 3 aromatic carbocycles. The van der Waals surface area contributed by atoms with Gasteiger partial charge in [0.2, 0.25) is 5.91 Å². The molecule has 0 fully saturated rings. The van der Waals surface area contributed by atoms with Crippen molar-refractivity contribution in [1.29, 1.82) is 0 Å². The number of amides is 1. The lowest BCUT2D eigenvalue weighted by atomic mass is 10.1. The van der Waals surface area contributed by atoms with E-state index in [1.807, 2.05) is 24.0 Å². The van der Waals surface area contributed by atoms with Gasteiger partial charge < -0.3 is 4.90 Å². The van der Waals surface area contributed by atoms with Crippen molar-refractivity contribution in [3.8, 4) is 0 Å². The summed E-state index contributed by atoms with van der Waals surface area (Å²) in [6, 6.07) is 19.2. The predicted octanol–water partition coefficient (Wildman–Crippen LogP) is 5.45. The van der Waals surface area contributed by atoms with E-state index in [1.165, 1.54) is 23.5 Å². The van der Waals surface area contributed by atoms with Gasteiger partial charge in [0.25, 0.3) is 10.0 Å². The lowest BCUT2D eigenvalue weighted by molar-refractivity contribution is -0.118. The zero-order valence-corrected chi connectivity index (χ0v) is 20.8. The second-order valence-corrected chi connectivity index (χ2v) is 11.2. The second-order valence-electron chi connectivity index (χ2n) is 7.86. The summed E-state index contributed by atoms with van der Waals surface area (Å²) in [5, 5.41) is 0.475. The number of hydrogen-bond acceptors (Lipinski definition) is 3. The normalized spacial score (nSPS) is 15.5. The highest BCUT2D eigenvalue weighted by molar-refractivity contribution is 9.10. The molecule has 1 heterocycles. The number of fused-ring (bicyclic) bond motifs is 1. The van der Waals surface area contributed by atoms with Crippen LogP contribution in [0.25, 0.3) is 0 Å². The number of anilines is 2. The molecule has 0 bridgehead atoms. The van der Waals surface area contributed by atoms with Crippen LogP contribution in [0, 0.1) is 0 Å². The minimum absolute atomic E-state index is 0.0217. The molecular formula is C24H22BrClN2O3S. The number of carbonyl (C=O) groups is 1. The Labute approximate surface area is 201 Å². The Hall–Kier alpha value is -2.35. The van der Waals surface area contributed by atoms with Crippen LogP contribution >= 0.6 is 27.5 Å². The Balaban J connectivity index is 1.50. The van der Waals surface area contributed by atoms with Crippen molar-refractivity contribution in [1.82, 2.24) is 0 Å². The van der Waals surface area contributed by atoms with Crippen LogP contribution in [0.1, 0.15) is 18.1 Å². The van der Waals surface area contributed by atoms with Gasteiger partial charge in [-0.3, -0.25) is 9.10 Å². The Morgan fingerprint density at radius 3 is 2.41 bits per heavy atom. The van der Waals surface area contributed by atoms with E-state index < -0.39 is 10.0 Å². The first kappa shape index (κ1) is 22.8. The fourth-order valence-corrected chi connectivity index (χ4v) is 5.70. The highest BCUT2D eigenvalue weighted by Crippen LogP contribution is 2.34. The van der Waals surface area contributed by atoms with Gasteiger partial charge in [-0.25, -0.2) is 8.42 Å². The van der Waals surface area contributed by atoms with Gasteiger partial charge in [0, 0.05) is 28.3 Å². The minimum atomic E-state index is -3.71. The van der Waals surface area contributed by atoms with Crippen LogP contribution in [0.5, 0.6) is 0 Å². The molecule has 1 aliphatic heterocycles. The maximum Gasteiger partial charge on any atom is 0.264 e. The third kappa shape index (κ3) is 4.42. The molecule has 0 N–H and O–H groups in total. The fraction of sp³-hybridized carbons (Fsp3) is 0.208. The van der Waals surface area contributed by atoms with Gasteiger partial charge >= 0.3 is 0 Å². The summed E-state index contributed by atoms with van der Waals surface area (Å²) in [5.74, 6) is 0.0217. The number of nitrogens with zero attached hydrogens (tertiary/aromatic N) is 2. The van der Waals surface area contributed by atoms with E-state index in [-0.39, 0.29) is 23.3 Å². The fourth-order valence-electron chi connectivity index (χ4n) is 3.97. The van der Waals surface area contributed by atoms with Crippen LogP contribution in [-0.2, 0) is 27.7 Å². The van der Waals surface area contributed by atoms with Crippen molar-refractivity contribution in [3.63, 3.8) is 0 Å². The number of carbonyl (C=O) groups excluding carboxylic acids is 1. The molecule has 8 heteroatoms. The van der Waals surface area contributed by atoms with Crippen molar-refractivity contribution in [3.05, 3.63) is 87.4 Å². The molecular weight excluding hydrogens is 512 g/mol. The Morgan fingerprint density at radius 1 is 1.09 bits per heavy atom. The summed E-state index contributed by atoms with van der Waals surface area (Å²) in [5.41, 5.74) is 3.45. The van der Waals surface area contributed by atoms with Crippen molar-refractivity contribution in [2.75, 3.05) is 16.3 Å². The third-order valence-corrected chi connectivity index (χ3v) is 8.20. The van der Waals surface area contributed by atoms with Crippen molar-refractivity contribution in [2.24, 2.45) is 0 Å². The van der Waals surface area contributed by atoms with Gasteiger partial charge in [-0.05, 0) is 79.1 Å². The van der Waals surface area contributed by atoms with E-state index in [1.54, 1.807) is 36.4 Å². The molecule has 32 heavy (non-hydrogen) atoms. The highest BCUT2D eigenvalue weighted by atomic mass is 79.9. The molecule has 0 unspecified atom stereocenters. The number of benzene rings is 3. The van der Waals surface area contributed by atoms with E-state index >= 15 is 0 Å². The summed E-state index contributed by atoms with van der Waals surface area (Å²) in [6.07, 6.45) is 1.07. The molecule has 0 aromatic heterocycles. The zero-order chi connectivity index (χ0) is 23.0. The average molecular weight is 534 g/mol. The molecule has 0 saturated heterocycles. The molecule has 166 valence electrons. The first-order valence-corrected chi connectivity index (χ1v) is 12.7. The number of sulfonamides is 1. The Morgan fingerprint density at radius 2 is 1.75 bits per heavy atom. The van der Waals surface area contributed by atoms with E-state index in [9.17, 15) is 13.2 Å². The number of hydrogen-bond donors (Lipinski definition) is 0.